The smallest absolute Gasteiger partial charge is 0.0952 e. The van der Waals surface area contributed by atoms with Crippen molar-refractivity contribution in [2.75, 3.05) is 7.11 Å². The molecule has 0 saturated heterocycles. The second-order valence-electron chi connectivity index (χ2n) is 6.78. The fourth-order valence-electron chi connectivity index (χ4n) is 5.38. The highest BCUT2D eigenvalue weighted by atomic mass is 16.5. The van der Waals surface area contributed by atoms with Crippen molar-refractivity contribution in [1.29, 1.82) is 0 Å². The van der Waals surface area contributed by atoms with Crippen LogP contribution in [0.1, 0.15) is 46.5 Å². The third-order valence-electron chi connectivity index (χ3n) is 6.15. The molecule has 0 spiro atoms. The van der Waals surface area contributed by atoms with Gasteiger partial charge in [0.15, 0.2) is 0 Å². The molecular formula is C15H24O. The molecule has 1 nitrogen and oxygen atoms in total. The first kappa shape index (κ1) is 10.7. The number of hydrogen-bond acceptors (Lipinski definition) is 1. The molecule has 4 atom stereocenters. The van der Waals surface area contributed by atoms with Crippen LogP contribution in [0.25, 0.3) is 0 Å². The van der Waals surface area contributed by atoms with Gasteiger partial charge in [0.2, 0.25) is 0 Å². The van der Waals surface area contributed by atoms with Gasteiger partial charge >= 0.3 is 0 Å². The molecule has 16 heavy (non-hydrogen) atoms. The van der Waals surface area contributed by atoms with E-state index in [0.717, 1.165) is 17.8 Å². The Morgan fingerprint density at radius 1 is 1.38 bits per heavy atom. The maximum Gasteiger partial charge on any atom is 0.0952 e. The molecule has 0 aliphatic heterocycles. The first-order chi connectivity index (χ1) is 7.54. The highest BCUT2D eigenvalue weighted by Crippen LogP contribution is 2.74. The van der Waals surface area contributed by atoms with Gasteiger partial charge in [0.05, 0.1) is 12.9 Å². The number of rotatable bonds is 2. The van der Waals surface area contributed by atoms with Gasteiger partial charge in [-0.2, -0.15) is 0 Å². The van der Waals surface area contributed by atoms with Crippen molar-refractivity contribution in [3.8, 4) is 0 Å². The quantitative estimate of drug-likeness (QED) is 0.683. The highest BCUT2D eigenvalue weighted by molar-refractivity contribution is 5.25. The van der Waals surface area contributed by atoms with Crippen molar-refractivity contribution >= 4 is 0 Å². The van der Waals surface area contributed by atoms with Crippen LogP contribution >= 0.6 is 0 Å². The molecule has 4 bridgehead atoms. The molecular weight excluding hydrogens is 196 g/mol. The van der Waals surface area contributed by atoms with Gasteiger partial charge in [-0.15, -0.1) is 0 Å². The zero-order valence-corrected chi connectivity index (χ0v) is 11.0. The lowest BCUT2D eigenvalue weighted by Crippen LogP contribution is -2.39. The zero-order valence-electron chi connectivity index (χ0n) is 11.0. The van der Waals surface area contributed by atoms with Crippen LogP contribution < -0.4 is 0 Å². The Kier molecular flexibility index (Phi) is 2.04. The lowest BCUT2D eigenvalue weighted by atomic mass is 9.61. The fourth-order valence-corrected chi connectivity index (χ4v) is 5.38. The van der Waals surface area contributed by atoms with E-state index in [1.54, 1.807) is 0 Å². The first-order valence-electron chi connectivity index (χ1n) is 6.78. The standard InChI is InChI=1S/C15H24O/c1-10(2)15-8-7-14(3)9-11(15)12(16-4)5-6-13(14)15/h5,10-11,13H,6-9H2,1-4H3/t11?,13-,14+,15-/m0/s1. The van der Waals surface area contributed by atoms with Crippen molar-refractivity contribution in [2.45, 2.75) is 46.5 Å². The Morgan fingerprint density at radius 3 is 2.75 bits per heavy atom. The lowest BCUT2D eigenvalue weighted by Gasteiger charge is -2.44. The Labute approximate surface area is 99.3 Å². The molecule has 0 aromatic carbocycles. The molecule has 3 aliphatic rings. The van der Waals surface area contributed by atoms with Crippen molar-refractivity contribution in [1.82, 2.24) is 0 Å². The van der Waals surface area contributed by atoms with E-state index in [1.807, 2.05) is 7.11 Å². The minimum atomic E-state index is 0.564. The molecule has 3 aliphatic carbocycles. The van der Waals surface area contributed by atoms with Gasteiger partial charge < -0.3 is 4.74 Å². The second kappa shape index (κ2) is 3.05. The average Bonchev–Trinajstić information content (AvgIpc) is 2.62. The van der Waals surface area contributed by atoms with Crippen LogP contribution in [0.2, 0.25) is 0 Å². The van der Waals surface area contributed by atoms with Gasteiger partial charge in [-0.1, -0.05) is 20.8 Å². The largest absolute Gasteiger partial charge is 0.501 e. The zero-order chi connectivity index (χ0) is 11.6. The Hall–Kier alpha value is -0.460. The third kappa shape index (κ3) is 0.983. The summed E-state index contributed by atoms with van der Waals surface area (Å²) in [4.78, 5) is 0. The normalized spacial score (nSPS) is 49.7. The molecule has 0 radical (unpaired) electrons. The summed E-state index contributed by atoms with van der Waals surface area (Å²) in [5, 5.41) is 0. The van der Waals surface area contributed by atoms with Crippen LogP contribution in [0.4, 0.5) is 0 Å². The molecule has 3 rings (SSSR count). The maximum atomic E-state index is 5.66. The molecule has 2 fully saturated rings. The summed E-state index contributed by atoms with van der Waals surface area (Å²) in [6.45, 7) is 7.37. The number of ether oxygens (including phenoxy) is 1. The summed E-state index contributed by atoms with van der Waals surface area (Å²) in [5.41, 5.74) is 1.17. The molecule has 1 unspecified atom stereocenters. The van der Waals surface area contributed by atoms with E-state index in [0.29, 0.717) is 10.8 Å². The van der Waals surface area contributed by atoms with Crippen LogP contribution in [0.5, 0.6) is 0 Å². The molecule has 0 N–H and O–H groups in total. The Morgan fingerprint density at radius 2 is 2.12 bits per heavy atom. The van der Waals surface area contributed by atoms with Crippen LogP contribution in [0, 0.1) is 28.6 Å². The second-order valence-corrected chi connectivity index (χ2v) is 6.78. The first-order valence-corrected chi connectivity index (χ1v) is 6.78. The van der Waals surface area contributed by atoms with E-state index < -0.39 is 0 Å². The lowest BCUT2D eigenvalue weighted by molar-refractivity contribution is 0.0468. The van der Waals surface area contributed by atoms with E-state index in [4.69, 9.17) is 4.74 Å². The SMILES string of the molecule is COC1=CC[C@H]2[C@]3(C)CC[C@]2(C(C)C)C1C3. The van der Waals surface area contributed by atoms with Crippen molar-refractivity contribution in [3.05, 3.63) is 11.8 Å². The number of methoxy groups -OCH3 is 1. The van der Waals surface area contributed by atoms with E-state index >= 15 is 0 Å². The van der Waals surface area contributed by atoms with Gasteiger partial charge in [-0.3, -0.25) is 0 Å². The molecule has 2 saturated carbocycles. The van der Waals surface area contributed by atoms with Crippen molar-refractivity contribution in [3.63, 3.8) is 0 Å². The maximum absolute atomic E-state index is 5.66. The monoisotopic (exact) mass is 220 g/mol. The van der Waals surface area contributed by atoms with Crippen LogP contribution in [0.3, 0.4) is 0 Å². The van der Waals surface area contributed by atoms with Crippen LogP contribution in [-0.4, -0.2) is 7.11 Å². The topological polar surface area (TPSA) is 9.23 Å². The van der Waals surface area contributed by atoms with Gasteiger partial charge in [-0.25, -0.2) is 0 Å². The van der Waals surface area contributed by atoms with E-state index in [-0.39, 0.29) is 0 Å². The Balaban J connectivity index is 2.08. The van der Waals surface area contributed by atoms with Gasteiger partial charge in [0.1, 0.15) is 0 Å². The van der Waals surface area contributed by atoms with Gasteiger partial charge in [0, 0.05) is 5.92 Å². The number of hydrogen-bond donors (Lipinski definition) is 0. The molecule has 90 valence electrons. The molecule has 0 amide bonds. The predicted molar refractivity (Wildman–Crippen MR) is 65.9 cm³/mol. The summed E-state index contributed by atoms with van der Waals surface area (Å²) < 4.78 is 5.66. The summed E-state index contributed by atoms with van der Waals surface area (Å²) >= 11 is 0. The summed E-state index contributed by atoms with van der Waals surface area (Å²) in [6.07, 6.45) is 7.88. The Bertz CT molecular complexity index is 343. The number of allylic oxidation sites excluding steroid dienone is 2. The third-order valence-corrected chi connectivity index (χ3v) is 6.15. The summed E-state index contributed by atoms with van der Waals surface area (Å²) in [7, 11) is 1.86. The van der Waals surface area contributed by atoms with Crippen molar-refractivity contribution in [2.24, 2.45) is 28.6 Å². The van der Waals surface area contributed by atoms with E-state index in [1.165, 1.54) is 31.4 Å². The minimum Gasteiger partial charge on any atom is -0.501 e. The minimum absolute atomic E-state index is 0.564. The molecule has 0 aromatic rings. The predicted octanol–water partition coefficient (Wildman–Crippen LogP) is 4.00. The van der Waals surface area contributed by atoms with Crippen molar-refractivity contribution < 1.29 is 4.74 Å². The molecule has 0 heterocycles. The van der Waals surface area contributed by atoms with Crippen LogP contribution in [-0.2, 0) is 4.74 Å². The van der Waals surface area contributed by atoms with Gasteiger partial charge in [-0.05, 0) is 54.4 Å². The average molecular weight is 220 g/mol. The fraction of sp³-hybridized carbons (Fsp3) is 0.867. The van der Waals surface area contributed by atoms with E-state index in [2.05, 4.69) is 26.8 Å². The summed E-state index contributed by atoms with van der Waals surface area (Å²) in [6, 6.07) is 0. The van der Waals surface area contributed by atoms with Gasteiger partial charge in [0.25, 0.3) is 0 Å². The molecule has 0 aromatic heterocycles. The van der Waals surface area contributed by atoms with E-state index in [9.17, 15) is 0 Å². The summed E-state index contributed by atoms with van der Waals surface area (Å²) in [5.74, 6) is 3.73. The molecule has 1 heteroatoms. The highest BCUT2D eigenvalue weighted by Gasteiger charge is 2.67. The van der Waals surface area contributed by atoms with Crippen LogP contribution in [0.15, 0.2) is 11.8 Å².